The molecular weight excluding hydrogens is 234 g/mol. The molecule has 7 nitrogen and oxygen atoms in total. The van der Waals surface area contributed by atoms with E-state index in [1.165, 1.54) is 6.07 Å². The third kappa shape index (κ3) is 2.84. The average Bonchev–Trinajstić information content (AvgIpc) is 2.42. The zero-order valence-corrected chi connectivity index (χ0v) is 9.69. The molecule has 0 atom stereocenters. The zero-order chi connectivity index (χ0) is 13.5. The number of benzene rings is 1. The number of anilines is 1. The van der Waals surface area contributed by atoms with Gasteiger partial charge in [0.25, 0.3) is 11.8 Å². The number of nitrogen functional groups attached to an aromatic ring is 2. The molecule has 2 amide bonds. The van der Waals surface area contributed by atoms with Crippen molar-refractivity contribution < 1.29 is 9.59 Å². The summed E-state index contributed by atoms with van der Waals surface area (Å²) in [6.07, 6.45) is 1.62. The topological polar surface area (TPSA) is 122 Å². The Labute approximate surface area is 104 Å². The molecule has 0 saturated heterocycles. The molecule has 0 aliphatic carbocycles. The summed E-state index contributed by atoms with van der Waals surface area (Å²) in [6.45, 7) is 4.00. The molecule has 0 aliphatic rings. The van der Waals surface area contributed by atoms with E-state index in [1.807, 2.05) is 10.9 Å². The molecule has 96 valence electrons. The third-order valence-electron chi connectivity index (χ3n) is 2.24. The lowest BCUT2D eigenvalue weighted by molar-refractivity contribution is 0.0920. The van der Waals surface area contributed by atoms with Gasteiger partial charge >= 0.3 is 0 Å². The highest BCUT2D eigenvalue weighted by Crippen LogP contribution is 2.20. The van der Waals surface area contributed by atoms with Crippen LogP contribution >= 0.6 is 0 Å². The molecular formula is C11H15N5O2. The van der Waals surface area contributed by atoms with Gasteiger partial charge in [0.05, 0.1) is 11.1 Å². The van der Waals surface area contributed by atoms with Gasteiger partial charge in [0.2, 0.25) is 0 Å². The van der Waals surface area contributed by atoms with Crippen molar-refractivity contribution in [2.45, 2.75) is 0 Å². The minimum absolute atomic E-state index is 0.129. The van der Waals surface area contributed by atoms with Crippen LogP contribution in [0.4, 0.5) is 5.69 Å². The van der Waals surface area contributed by atoms with Crippen LogP contribution in [0.2, 0.25) is 0 Å². The standard InChI is InChI=1S/C11H15N5O2/c1-2-6-14-8-5-3-4-7(10(17)15-12)9(8)11(18)16-13/h2-5,14H,1,6,12-13H2,(H,15,17)(H,16,18). The number of carbonyl (C=O) groups is 2. The normalized spacial score (nSPS) is 9.44. The maximum atomic E-state index is 11.7. The van der Waals surface area contributed by atoms with Crippen LogP contribution in [0.1, 0.15) is 20.7 Å². The highest BCUT2D eigenvalue weighted by Gasteiger charge is 2.19. The Balaban J connectivity index is 3.29. The number of hydrazine groups is 2. The van der Waals surface area contributed by atoms with E-state index in [4.69, 9.17) is 11.7 Å². The first-order valence-corrected chi connectivity index (χ1v) is 5.15. The van der Waals surface area contributed by atoms with E-state index in [-0.39, 0.29) is 11.1 Å². The van der Waals surface area contributed by atoms with Gasteiger partial charge in [0.1, 0.15) is 0 Å². The van der Waals surface area contributed by atoms with E-state index in [9.17, 15) is 9.59 Å². The summed E-state index contributed by atoms with van der Waals surface area (Å²) >= 11 is 0. The zero-order valence-electron chi connectivity index (χ0n) is 9.69. The first-order chi connectivity index (χ1) is 8.65. The van der Waals surface area contributed by atoms with Crippen molar-refractivity contribution in [3.63, 3.8) is 0 Å². The summed E-state index contributed by atoms with van der Waals surface area (Å²) in [6, 6.07) is 4.76. The lowest BCUT2D eigenvalue weighted by Gasteiger charge is -2.13. The van der Waals surface area contributed by atoms with E-state index >= 15 is 0 Å². The SMILES string of the molecule is C=CCNc1cccc(C(=O)NN)c1C(=O)NN. The number of amides is 2. The van der Waals surface area contributed by atoms with Gasteiger partial charge in [0, 0.05) is 12.2 Å². The Kier molecular flexibility index (Phi) is 4.85. The molecule has 0 aliphatic heterocycles. The molecule has 1 aromatic rings. The van der Waals surface area contributed by atoms with E-state index in [2.05, 4.69) is 11.9 Å². The molecule has 7 heteroatoms. The molecule has 0 fully saturated rings. The maximum Gasteiger partial charge on any atom is 0.268 e. The number of hydrogen-bond acceptors (Lipinski definition) is 5. The summed E-state index contributed by atoms with van der Waals surface area (Å²) in [5.41, 5.74) is 4.70. The van der Waals surface area contributed by atoms with Crippen molar-refractivity contribution in [3.8, 4) is 0 Å². The van der Waals surface area contributed by atoms with Crippen molar-refractivity contribution in [2.75, 3.05) is 11.9 Å². The van der Waals surface area contributed by atoms with Gasteiger partial charge in [-0.15, -0.1) is 6.58 Å². The van der Waals surface area contributed by atoms with Gasteiger partial charge < -0.3 is 5.32 Å². The van der Waals surface area contributed by atoms with Crippen LogP contribution in [-0.4, -0.2) is 18.4 Å². The molecule has 0 spiro atoms. The predicted octanol–water partition coefficient (Wildman–Crippen LogP) is -0.508. The predicted molar refractivity (Wildman–Crippen MR) is 68.4 cm³/mol. The molecule has 7 N–H and O–H groups in total. The van der Waals surface area contributed by atoms with Crippen molar-refractivity contribution in [3.05, 3.63) is 42.0 Å². The summed E-state index contributed by atoms with van der Waals surface area (Å²) in [5.74, 6) is 9.01. The summed E-state index contributed by atoms with van der Waals surface area (Å²) in [5, 5.41) is 2.94. The molecule has 0 aromatic heterocycles. The van der Waals surface area contributed by atoms with Crippen LogP contribution in [-0.2, 0) is 0 Å². The lowest BCUT2D eigenvalue weighted by Crippen LogP contribution is -2.35. The second-order valence-corrected chi connectivity index (χ2v) is 3.34. The fraction of sp³-hybridized carbons (Fsp3) is 0.0909. The summed E-state index contributed by atoms with van der Waals surface area (Å²) in [4.78, 5) is 23.3. The lowest BCUT2D eigenvalue weighted by atomic mass is 10.0. The van der Waals surface area contributed by atoms with E-state index in [1.54, 1.807) is 18.2 Å². The highest BCUT2D eigenvalue weighted by atomic mass is 16.2. The van der Waals surface area contributed by atoms with E-state index in [0.717, 1.165) is 0 Å². The molecule has 0 unspecified atom stereocenters. The Bertz CT molecular complexity index is 473. The number of carbonyl (C=O) groups excluding carboxylic acids is 2. The van der Waals surface area contributed by atoms with Gasteiger partial charge in [0.15, 0.2) is 0 Å². The molecule has 0 bridgehead atoms. The van der Waals surface area contributed by atoms with Gasteiger partial charge in [-0.25, -0.2) is 11.7 Å². The molecule has 0 heterocycles. The quantitative estimate of drug-likeness (QED) is 0.208. The molecule has 18 heavy (non-hydrogen) atoms. The van der Waals surface area contributed by atoms with Crippen molar-refractivity contribution >= 4 is 17.5 Å². The molecule has 0 saturated carbocycles. The van der Waals surface area contributed by atoms with Crippen LogP contribution < -0.4 is 27.9 Å². The number of nitrogens with one attached hydrogen (secondary N) is 3. The van der Waals surface area contributed by atoms with Crippen molar-refractivity contribution in [1.82, 2.24) is 10.9 Å². The van der Waals surface area contributed by atoms with Crippen LogP contribution in [0.15, 0.2) is 30.9 Å². The van der Waals surface area contributed by atoms with Gasteiger partial charge in [-0.2, -0.15) is 0 Å². The number of rotatable bonds is 5. The second kappa shape index (κ2) is 6.38. The minimum atomic E-state index is -0.583. The Morgan fingerprint density at radius 3 is 2.44 bits per heavy atom. The second-order valence-electron chi connectivity index (χ2n) is 3.34. The Morgan fingerprint density at radius 1 is 1.22 bits per heavy atom. The van der Waals surface area contributed by atoms with Crippen molar-refractivity contribution in [1.29, 1.82) is 0 Å². The third-order valence-corrected chi connectivity index (χ3v) is 2.24. The van der Waals surface area contributed by atoms with Gasteiger partial charge in [-0.05, 0) is 12.1 Å². The Morgan fingerprint density at radius 2 is 1.89 bits per heavy atom. The Hall–Kier alpha value is -2.38. The number of hydrogen-bond donors (Lipinski definition) is 5. The van der Waals surface area contributed by atoms with Crippen LogP contribution in [0.25, 0.3) is 0 Å². The number of nitrogens with two attached hydrogens (primary N) is 2. The maximum absolute atomic E-state index is 11.7. The first-order valence-electron chi connectivity index (χ1n) is 5.15. The van der Waals surface area contributed by atoms with Gasteiger partial charge in [-0.3, -0.25) is 20.4 Å². The van der Waals surface area contributed by atoms with Crippen LogP contribution in [0, 0.1) is 0 Å². The minimum Gasteiger partial charge on any atom is -0.381 e. The van der Waals surface area contributed by atoms with Gasteiger partial charge in [-0.1, -0.05) is 12.1 Å². The van der Waals surface area contributed by atoms with Crippen molar-refractivity contribution in [2.24, 2.45) is 11.7 Å². The summed E-state index contributed by atoms with van der Waals surface area (Å²) in [7, 11) is 0. The molecule has 0 radical (unpaired) electrons. The van der Waals surface area contributed by atoms with Crippen LogP contribution in [0.3, 0.4) is 0 Å². The summed E-state index contributed by atoms with van der Waals surface area (Å²) < 4.78 is 0. The molecule has 1 rings (SSSR count). The fourth-order valence-corrected chi connectivity index (χ4v) is 1.47. The largest absolute Gasteiger partial charge is 0.381 e. The monoisotopic (exact) mass is 249 g/mol. The van der Waals surface area contributed by atoms with E-state index < -0.39 is 11.8 Å². The smallest absolute Gasteiger partial charge is 0.268 e. The molecule has 1 aromatic carbocycles. The highest BCUT2D eigenvalue weighted by molar-refractivity contribution is 6.10. The fourth-order valence-electron chi connectivity index (χ4n) is 1.47. The van der Waals surface area contributed by atoms with E-state index in [0.29, 0.717) is 12.2 Å². The first kappa shape index (κ1) is 13.7. The van der Waals surface area contributed by atoms with Crippen LogP contribution in [0.5, 0.6) is 0 Å². The average molecular weight is 249 g/mol.